The van der Waals surface area contributed by atoms with E-state index in [1.54, 1.807) is 5.31 Å². The lowest BCUT2D eigenvalue weighted by atomic mass is 10.1. The number of benzene rings is 1. The lowest BCUT2D eigenvalue weighted by Gasteiger charge is -2.29. The Balaban J connectivity index is 1.66. The number of pyridine rings is 1. The Hall–Kier alpha value is -2.24. The maximum absolute atomic E-state index is 4.67. The summed E-state index contributed by atoms with van der Waals surface area (Å²) in [6, 6.07) is 15.1. The van der Waals surface area contributed by atoms with Crippen LogP contribution in [0.3, 0.4) is 0 Å². The molecule has 2 aliphatic carbocycles. The second kappa shape index (κ2) is 5.40. The van der Waals surface area contributed by atoms with E-state index in [1.807, 2.05) is 12.3 Å². The molecule has 0 spiro atoms. The van der Waals surface area contributed by atoms with E-state index in [-0.39, 0.29) is 7.92 Å². The van der Waals surface area contributed by atoms with Crippen molar-refractivity contribution in [1.29, 1.82) is 0 Å². The van der Waals surface area contributed by atoms with Gasteiger partial charge in [0, 0.05) is 17.5 Å². The molecule has 3 unspecified atom stereocenters. The van der Waals surface area contributed by atoms with Crippen molar-refractivity contribution in [3.8, 4) is 0 Å². The van der Waals surface area contributed by atoms with Crippen molar-refractivity contribution in [3.05, 3.63) is 101 Å². The molecule has 2 heteroatoms. The zero-order chi connectivity index (χ0) is 16.1. The van der Waals surface area contributed by atoms with E-state index < -0.39 is 0 Å². The Bertz CT molecular complexity index is 933. The lowest BCUT2D eigenvalue weighted by Crippen LogP contribution is -2.04. The smallest absolute Gasteiger partial charge is 0.0671 e. The van der Waals surface area contributed by atoms with Gasteiger partial charge in [-0.3, -0.25) is 4.98 Å². The van der Waals surface area contributed by atoms with Crippen LogP contribution in [0.5, 0.6) is 0 Å². The molecule has 2 aromatic rings. The Morgan fingerprint density at radius 2 is 1.92 bits per heavy atom. The van der Waals surface area contributed by atoms with Crippen molar-refractivity contribution in [2.24, 2.45) is 0 Å². The molecule has 1 nitrogen and oxygen atoms in total. The molecule has 0 radical (unpaired) electrons. The molecule has 0 N–H and O–H groups in total. The molecule has 3 atom stereocenters. The Kier molecular flexibility index (Phi) is 3.18. The van der Waals surface area contributed by atoms with Gasteiger partial charge in [-0.05, 0) is 45.8 Å². The van der Waals surface area contributed by atoms with Crippen LogP contribution in [0.25, 0.3) is 11.6 Å². The van der Waals surface area contributed by atoms with Crippen molar-refractivity contribution in [3.63, 3.8) is 0 Å². The first-order valence-corrected chi connectivity index (χ1v) is 9.92. The fourth-order valence-electron chi connectivity index (χ4n) is 4.09. The molecule has 116 valence electrons. The Morgan fingerprint density at radius 3 is 2.79 bits per heavy atom. The van der Waals surface area contributed by atoms with Crippen LogP contribution in [-0.2, 0) is 0 Å². The molecule has 3 aliphatic rings. The molecule has 1 aliphatic heterocycles. The van der Waals surface area contributed by atoms with Gasteiger partial charge >= 0.3 is 0 Å². The van der Waals surface area contributed by atoms with Crippen LogP contribution in [0.15, 0.2) is 83.9 Å². The fourth-order valence-corrected chi connectivity index (χ4v) is 7.34. The standard InChI is InChI=1S/C22H18NP/c1-15-13-17-8-6-11-21(17)24(15)22-18-9-3-2-7-16(18)14-19(22)20-10-4-5-12-23-20/h2-15,22H,1H3. The zero-order valence-electron chi connectivity index (χ0n) is 13.6. The second-order valence-electron chi connectivity index (χ2n) is 6.53. The number of hydrogen-bond donors (Lipinski definition) is 0. The third kappa shape index (κ3) is 2.01. The molecular weight excluding hydrogens is 309 g/mol. The summed E-state index contributed by atoms with van der Waals surface area (Å²) < 4.78 is 0. The van der Waals surface area contributed by atoms with E-state index >= 15 is 0 Å². The summed E-state index contributed by atoms with van der Waals surface area (Å²) in [5.74, 6) is 0. The maximum Gasteiger partial charge on any atom is 0.0671 e. The number of nitrogens with zero attached hydrogens (tertiary/aromatic N) is 1. The predicted octanol–water partition coefficient (Wildman–Crippen LogP) is 5.94. The van der Waals surface area contributed by atoms with Crippen molar-refractivity contribution in [1.82, 2.24) is 4.98 Å². The van der Waals surface area contributed by atoms with Gasteiger partial charge in [-0.1, -0.05) is 69.5 Å². The van der Waals surface area contributed by atoms with Crippen LogP contribution < -0.4 is 0 Å². The van der Waals surface area contributed by atoms with Gasteiger partial charge in [-0.25, -0.2) is 0 Å². The summed E-state index contributed by atoms with van der Waals surface area (Å²) in [6.07, 6.45) is 13.5. The Morgan fingerprint density at radius 1 is 1.04 bits per heavy atom. The van der Waals surface area contributed by atoms with Crippen molar-refractivity contribution in [2.75, 3.05) is 0 Å². The molecular formula is C22H18NP. The minimum atomic E-state index is -0.300. The number of rotatable bonds is 2. The first-order valence-electron chi connectivity index (χ1n) is 8.44. The van der Waals surface area contributed by atoms with Gasteiger partial charge in [-0.2, -0.15) is 0 Å². The molecule has 0 amide bonds. The number of hydrogen-bond acceptors (Lipinski definition) is 1. The highest BCUT2D eigenvalue weighted by atomic mass is 31.1. The van der Waals surface area contributed by atoms with Gasteiger partial charge in [0.15, 0.2) is 0 Å². The van der Waals surface area contributed by atoms with E-state index in [0.29, 0.717) is 11.3 Å². The molecule has 5 rings (SSSR count). The number of allylic oxidation sites excluding steroid dienone is 7. The lowest BCUT2D eigenvalue weighted by molar-refractivity contribution is 1.15. The quantitative estimate of drug-likeness (QED) is 0.622. The molecule has 0 saturated carbocycles. The van der Waals surface area contributed by atoms with E-state index in [0.717, 1.165) is 5.69 Å². The van der Waals surface area contributed by atoms with Gasteiger partial charge in [0.2, 0.25) is 0 Å². The second-order valence-corrected chi connectivity index (χ2v) is 9.15. The molecule has 1 aromatic carbocycles. The van der Waals surface area contributed by atoms with E-state index in [2.05, 4.69) is 78.7 Å². The molecule has 0 bridgehead atoms. The molecule has 0 fully saturated rings. The van der Waals surface area contributed by atoms with Crippen LogP contribution in [0.2, 0.25) is 0 Å². The summed E-state index contributed by atoms with van der Waals surface area (Å²) in [5.41, 5.74) is 7.83. The van der Waals surface area contributed by atoms with Crippen LogP contribution in [0.4, 0.5) is 0 Å². The van der Waals surface area contributed by atoms with Gasteiger partial charge in [-0.15, -0.1) is 0 Å². The van der Waals surface area contributed by atoms with E-state index in [1.165, 1.54) is 22.3 Å². The summed E-state index contributed by atoms with van der Waals surface area (Å²) in [7, 11) is -0.300. The first-order chi connectivity index (χ1) is 11.8. The number of fused-ring (bicyclic) bond motifs is 2. The molecule has 24 heavy (non-hydrogen) atoms. The summed E-state index contributed by atoms with van der Waals surface area (Å²) in [4.78, 5) is 4.67. The van der Waals surface area contributed by atoms with E-state index in [9.17, 15) is 0 Å². The van der Waals surface area contributed by atoms with Crippen molar-refractivity contribution in [2.45, 2.75) is 18.2 Å². The molecule has 2 heterocycles. The predicted molar refractivity (Wildman–Crippen MR) is 103 cm³/mol. The largest absolute Gasteiger partial charge is 0.257 e. The summed E-state index contributed by atoms with van der Waals surface area (Å²) in [5, 5.41) is 1.56. The zero-order valence-corrected chi connectivity index (χ0v) is 14.4. The number of aromatic nitrogens is 1. The average Bonchev–Trinajstić information content (AvgIpc) is 3.28. The van der Waals surface area contributed by atoms with Crippen LogP contribution in [0, 0.1) is 0 Å². The highest BCUT2D eigenvalue weighted by Gasteiger charge is 2.41. The van der Waals surface area contributed by atoms with Gasteiger partial charge in [0.1, 0.15) is 0 Å². The normalized spacial score (nSPS) is 26.7. The highest BCUT2D eigenvalue weighted by Crippen LogP contribution is 2.72. The van der Waals surface area contributed by atoms with Crippen LogP contribution in [0.1, 0.15) is 29.4 Å². The first kappa shape index (κ1) is 14.1. The topological polar surface area (TPSA) is 12.9 Å². The monoisotopic (exact) mass is 327 g/mol. The minimum Gasteiger partial charge on any atom is -0.257 e. The Labute approximate surface area is 143 Å². The summed E-state index contributed by atoms with van der Waals surface area (Å²) in [6.45, 7) is 2.38. The average molecular weight is 327 g/mol. The van der Waals surface area contributed by atoms with Crippen LogP contribution in [-0.4, -0.2) is 10.6 Å². The SMILES string of the molecule is CC1C=C2C=CC=C2P1C1C(c2ccccn2)=Cc2ccccc21. The van der Waals surface area contributed by atoms with Gasteiger partial charge in [0.25, 0.3) is 0 Å². The van der Waals surface area contributed by atoms with Crippen LogP contribution >= 0.6 is 7.92 Å². The summed E-state index contributed by atoms with van der Waals surface area (Å²) >= 11 is 0. The molecule has 1 aromatic heterocycles. The van der Waals surface area contributed by atoms with E-state index in [4.69, 9.17) is 0 Å². The van der Waals surface area contributed by atoms with Gasteiger partial charge in [0.05, 0.1) is 5.69 Å². The highest BCUT2D eigenvalue weighted by molar-refractivity contribution is 7.64. The minimum absolute atomic E-state index is 0.300. The fraction of sp³-hybridized carbons (Fsp3) is 0.136. The third-order valence-corrected chi connectivity index (χ3v) is 8.20. The van der Waals surface area contributed by atoms with Crippen molar-refractivity contribution < 1.29 is 0 Å². The molecule has 0 saturated heterocycles. The van der Waals surface area contributed by atoms with Gasteiger partial charge < -0.3 is 0 Å². The van der Waals surface area contributed by atoms with Crippen molar-refractivity contribution >= 4 is 19.6 Å². The maximum atomic E-state index is 4.67. The third-order valence-electron chi connectivity index (χ3n) is 5.10.